The van der Waals surface area contributed by atoms with Gasteiger partial charge in [0.05, 0.1) is 5.69 Å². The first-order chi connectivity index (χ1) is 7.49. The molecule has 0 aliphatic rings. The molecule has 0 aliphatic carbocycles. The van der Waals surface area contributed by atoms with E-state index in [2.05, 4.69) is 62.9 Å². The van der Waals surface area contributed by atoms with E-state index in [1.807, 2.05) is 12.3 Å². The van der Waals surface area contributed by atoms with Crippen LogP contribution in [0.2, 0.25) is 0 Å². The summed E-state index contributed by atoms with van der Waals surface area (Å²) in [4.78, 5) is 4.37. The van der Waals surface area contributed by atoms with Gasteiger partial charge in [0.25, 0.3) is 0 Å². The SMILES string of the molecule is CC(C)CC(C)NCc1ncc(Br)cc1Br. The quantitative estimate of drug-likeness (QED) is 0.864. The lowest BCUT2D eigenvalue weighted by Crippen LogP contribution is -2.27. The molecule has 0 aliphatic heterocycles. The minimum atomic E-state index is 0.525. The maximum Gasteiger partial charge on any atom is 0.0684 e. The molecule has 0 saturated carbocycles. The number of hydrogen-bond donors (Lipinski definition) is 1. The summed E-state index contributed by atoms with van der Waals surface area (Å²) >= 11 is 6.91. The van der Waals surface area contributed by atoms with E-state index in [1.165, 1.54) is 6.42 Å². The molecule has 2 nitrogen and oxygen atoms in total. The monoisotopic (exact) mass is 348 g/mol. The third-order valence-corrected chi connectivity index (χ3v) is 3.45. The molecular formula is C12H18Br2N2. The lowest BCUT2D eigenvalue weighted by Gasteiger charge is -2.16. The molecule has 0 spiro atoms. The Morgan fingerprint density at radius 2 is 2.00 bits per heavy atom. The third kappa shape index (κ3) is 4.93. The number of pyridine rings is 1. The van der Waals surface area contributed by atoms with Crippen molar-refractivity contribution in [3.05, 3.63) is 26.9 Å². The number of halogens is 2. The minimum absolute atomic E-state index is 0.525. The van der Waals surface area contributed by atoms with Crippen molar-refractivity contribution < 1.29 is 0 Å². The van der Waals surface area contributed by atoms with Crippen molar-refractivity contribution in [1.82, 2.24) is 10.3 Å². The lowest BCUT2D eigenvalue weighted by molar-refractivity contribution is 0.439. The summed E-state index contributed by atoms with van der Waals surface area (Å²) in [5.74, 6) is 0.726. The molecule has 90 valence electrons. The van der Waals surface area contributed by atoms with Crippen molar-refractivity contribution in [2.24, 2.45) is 5.92 Å². The van der Waals surface area contributed by atoms with E-state index < -0.39 is 0 Å². The Morgan fingerprint density at radius 3 is 2.56 bits per heavy atom. The van der Waals surface area contributed by atoms with Gasteiger partial charge in [-0.3, -0.25) is 4.98 Å². The van der Waals surface area contributed by atoms with Gasteiger partial charge in [-0.1, -0.05) is 13.8 Å². The number of aromatic nitrogens is 1. The zero-order valence-corrected chi connectivity index (χ0v) is 13.1. The van der Waals surface area contributed by atoms with E-state index in [-0.39, 0.29) is 0 Å². The van der Waals surface area contributed by atoms with Gasteiger partial charge in [-0.2, -0.15) is 0 Å². The molecule has 16 heavy (non-hydrogen) atoms. The van der Waals surface area contributed by atoms with Crippen molar-refractivity contribution in [1.29, 1.82) is 0 Å². The Kier molecular flexibility index (Phi) is 5.94. The molecule has 0 radical (unpaired) electrons. The highest BCUT2D eigenvalue weighted by Crippen LogP contribution is 2.19. The van der Waals surface area contributed by atoms with E-state index in [4.69, 9.17) is 0 Å². The van der Waals surface area contributed by atoms with Crippen LogP contribution in [0.1, 0.15) is 32.9 Å². The van der Waals surface area contributed by atoms with Crippen LogP contribution in [-0.4, -0.2) is 11.0 Å². The topological polar surface area (TPSA) is 24.9 Å². The molecule has 0 saturated heterocycles. The zero-order chi connectivity index (χ0) is 12.1. The Hall–Kier alpha value is 0.0700. The highest BCUT2D eigenvalue weighted by Gasteiger charge is 2.07. The van der Waals surface area contributed by atoms with Crippen LogP contribution in [0.5, 0.6) is 0 Å². The second kappa shape index (κ2) is 6.72. The second-order valence-corrected chi connectivity index (χ2v) is 6.26. The molecule has 0 amide bonds. The van der Waals surface area contributed by atoms with Crippen molar-refractivity contribution >= 4 is 31.9 Å². The van der Waals surface area contributed by atoms with E-state index in [0.717, 1.165) is 27.1 Å². The molecule has 1 atom stereocenters. The largest absolute Gasteiger partial charge is 0.309 e. The van der Waals surface area contributed by atoms with E-state index in [9.17, 15) is 0 Å². The molecule has 1 N–H and O–H groups in total. The van der Waals surface area contributed by atoms with Crippen LogP contribution in [0.15, 0.2) is 21.2 Å². The first kappa shape index (κ1) is 14.1. The molecule has 0 fully saturated rings. The minimum Gasteiger partial charge on any atom is -0.309 e. The maximum atomic E-state index is 4.37. The summed E-state index contributed by atoms with van der Waals surface area (Å²) in [5.41, 5.74) is 1.05. The third-order valence-electron chi connectivity index (χ3n) is 2.33. The Morgan fingerprint density at radius 1 is 1.31 bits per heavy atom. The van der Waals surface area contributed by atoms with Crippen molar-refractivity contribution in [2.75, 3.05) is 0 Å². The smallest absolute Gasteiger partial charge is 0.0684 e. The van der Waals surface area contributed by atoms with E-state index in [0.29, 0.717) is 6.04 Å². The fourth-order valence-corrected chi connectivity index (χ4v) is 2.76. The molecular weight excluding hydrogens is 332 g/mol. The first-order valence-electron chi connectivity index (χ1n) is 5.52. The highest BCUT2D eigenvalue weighted by atomic mass is 79.9. The Labute approximate surface area is 114 Å². The first-order valence-corrected chi connectivity index (χ1v) is 7.11. The predicted octanol–water partition coefficient (Wildman–Crippen LogP) is 4.13. The number of hydrogen-bond acceptors (Lipinski definition) is 2. The predicted molar refractivity (Wildman–Crippen MR) is 75.4 cm³/mol. The van der Waals surface area contributed by atoms with Gasteiger partial charge in [0.15, 0.2) is 0 Å². The van der Waals surface area contributed by atoms with Crippen LogP contribution < -0.4 is 5.32 Å². The molecule has 1 heterocycles. The normalized spacial score (nSPS) is 13.1. The average molecular weight is 350 g/mol. The summed E-state index contributed by atoms with van der Waals surface area (Å²) in [7, 11) is 0. The summed E-state index contributed by atoms with van der Waals surface area (Å²) in [6.45, 7) is 7.51. The lowest BCUT2D eigenvalue weighted by atomic mass is 10.1. The maximum absolute atomic E-state index is 4.37. The van der Waals surface area contributed by atoms with Gasteiger partial charge in [-0.25, -0.2) is 0 Å². The number of rotatable bonds is 5. The van der Waals surface area contributed by atoms with Gasteiger partial charge in [0.1, 0.15) is 0 Å². The summed E-state index contributed by atoms with van der Waals surface area (Å²) < 4.78 is 2.05. The Balaban J connectivity index is 2.48. The van der Waals surface area contributed by atoms with Gasteiger partial charge in [0.2, 0.25) is 0 Å². The molecule has 0 bridgehead atoms. The van der Waals surface area contributed by atoms with Crippen LogP contribution in [0.25, 0.3) is 0 Å². The van der Waals surface area contributed by atoms with Gasteiger partial charge >= 0.3 is 0 Å². The van der Waals surface area contributed by atoms with E-state index in [1.54, 1.807) is 0 Å². The second-order valence-electron chi connectivity index (χ2n) is 4.49. The van der Waals surface area contributed by atoms with Gasteiger partial charge in [-0.15, -0.1) is 0 Å². The van der Waals surface area contributed by atoms with Gasteiger partial charge in [-0.05, 0) is 57.2 Å². The van der Waals surface area contributed by atoms with Crippen LogP contribution >= 0.6 is 31.9 Å². The molecule has 1 aromatic heterocycles. The Bertz CT molecular complexity index is 340. The number of nitrogens with zero attached hydrogens (tertiary/aromatic N) is 1. The average Bonchev–Trinajstić information content (AvgIpc) is 2.15. The van der Waals surface area contributed by atoms with Crippen LogP contribution in [0.3, 0.4) is 0 Å². The van der Waals surface area contributed by atoms with Crippen molar-refractivity contribution in [3.8, 4) is 0 Å². The zero-order valence-electron chi connectivity index (χ0n) is 9.93. The van der Waals surface area contributed by atoms with Crippen molar-refractivity contribution in [3.63, 3.8) is 0 Å². The number of nitrogens with one attached hydrogen (secondary N) is 1. The van der Waals surface area contributed by atoms with Crippen LogP contribution in [0, 0.1) is 5.92 Å². The summed E-state index contributed by atoms with van der Waals surface area (Å²) in [6, 6.07) is 2.55. The summed E-state index contributed by atoms with van der Waals surface area (Å²) in [6.07, 6.45) is 3.02. The molecule has 1 unspecified atom stereocenters. The van der Waals surface area contributed by atoms with Gasteiger partial charge in [0, 0.05) is 27.7 Å². The summed E-state index contributed by atoms with van der Waals surface area (Å²) in [5, 5.41) is 3.48. The van der Waals surface area contributed by atoms with E-state index >= 15 is 0 Å². The standard InChI is InChI=1S/C12H18Br2N2/c1-8(2)4-9(3)15-7-12-11(14)5-10(13)6-16-12/h5-6,8-9,15H,4,7H2,1-3H3. The molecule has 4 heteroatoms. The highest BCUT2D eigenvalue weighted by molar-refractivity contribution is 9.11. The fourth-order valence-electron chi connectivity index (χ4n) is 1.63. The van der Waals surface area contributed by atoms with Gasteiger partial charge < -0.3 is 5.32 Å². The molecule has 1 aromatic rings. The van der Waals surface area contributed by atoms with Crippen LogP contribution in [0.4, 0.5) is 0 Å². The van der Waals surface area contributed by atoms with Crippen molar-refractivity contribution in [2.45, 2.75) is 39.8 Å². The molecule has 1 rings (SSSR count). The fraction of sp³-hybridized carbons (Fsp3) is 0.583. The van der Waals surface area contributed by atoms with Crippen LogP contribution in [-0.2, 0) is 6.54 Å². The molecule has 0 aromatic carbocycles.